The number of amides is 1. The molecule has 1 fully saturated rings. The van der Waals surface area contributed by atoms with Gasteiger partial charge in [0.2, 0.25) is 0 Å². The summed E-state index contributed by atoms with van der Waals surface area (Å²) in [5.74, 6) is 0.990. The number of hydrogen-bond acceptors (Lipinski definition) is 5. The topological polar surface area (TPSA) is 67.7 Å². The number of carbonyl (C=O) groups excluding carboxylic acids is 1. The summed E-state index contributed by atoms with van der Waals surface area (Å²) in [6, 6.07) is 9.96. The van der Waals surface area contributed by atoms with Gasteiger partial charge in [-0.3, -0.25) is 4.99 Å². The molecule has 0 aliphatic carbocycles. The van der Waals surface area contributed by atoms with Crippen LogP contribution in [0, 0.1) is 5.92 Å². The molecule has 0 radical (unpaired) electrons. The molecule has 0 N–H and O–H groups in total. The number of nitrogens with zero attached hydrogens (tertiary/aromatic N) is 4. The van der Waals surface area contributed by atoms with Crippen LogP contribution in [-0.2, 0) is 4.74 Å². The summed E-state index contributed by atoms with van der Waals surface area (Å²) in [4.78, 5) is 28.0. The van der Waals surface area contributed by atoms with E-state index in [1.54, 1.807) is 0 Å². The van der Waals surface area contributed by atoms with Crippen LogP contribution in [-0.4, -0.2) is 45.4 Å². The molecule has 1 atom stereocenters. The smallest absolute Gasteiger partial charge is 0.410 e. The number of aliphatic imine (C=N–C) groups is 1. The van der Waals surface area contributed by atoms with E-state index in [-0.39, 0.29) is 12.0 Å². The van der Waals surface area contributed by atoms with E-state index in [0.29, 0.717) is 6.54 Å². The van der Waals surface area contributed by atoms with Crippen molar-refractivity contribution in [1.29, 1.82) is 0 Å². The highest BCUT2D eigenvalue weighted by atomic mass is 16.6. The summed E-state index contributed by atoms with van der Waals surface area (Å²) < 4.78 is 5.54. The maximum Gasteiger partial charge on any atom is 0.410 e. The highest BCUT2D eigenvalue weighted by Gasteiger charge is 2.31. The monoisotopic (exact) mass is 404 g/mol. The van der Waals surface area contributed by atoms with E-state index < -0.39 is 5.60 Å². The molecule has 2 aliphatic rings. The van der Waals surface area contributed by atoms with Crippen LogP contribution >= 0.6 is 0 Å². The van der Waals surface area contributed by atoms with Crippen LogP contribution < -0.4 is 0 Å². The Hall–Kier alpha value is -3.02. The Labute approximate surface area is 177 Å². The predicted octanol–water partition coefficient (Wildman–Crippen LogP) is 4.98. The molecule has 2 aliphatic heterocycles. The number of piperidine rings is 1. The fraction of sp³-hybridized carbons (Fsp3) is 0.417. The molecular weight excluding hydrogens is 376 g/mol. The minimum atomic E-state index is -0.477. The molecule has 30 heavy (non-hydrogen) atoms. The number of ether oxygens (including phenoxy) is 1. The molecule has 1 amide bonds. The van der Waals surface area contributed by atoms with Crippen LogP contribution in [0.4, 0.5) is 4.79 Å². The van der Waals surface area contributed by atoms with Gasteiger partial charge in [0.1, 0.15) is 5.60 Å². The van der Waals surface area contributed by atoms with Crippen LogP contribution in [0.2, 0.25) is 0 Å². The first-order valence-electron chi connectivity index (χ1n) is 10.5. The van der Waals surface area contributed by atoms with Gasteiger partial charge in [0.05, 0.1) is 0 Å². The number of allylic oxidation sites excluding steroid dienone is 1. The molecule has 1 saturated heterocycles. The van der Waals surface area contributed by atoms with Gasteiger partial charge in [-0.05, 0) is 39.2 Å². The average Bonchev–Trinajstić information content (AvgIpc) is 3.24. The highest BCUT2D eigenvalue weighted by Crippen LogP contribution is 2.30. The Morgan fingerprint density at radius 3 is 2.53 bits per heavy atom. The lowest BCUT2D eigenvalue weighted by Gasteiger charge is -2.34. The second kappa shape index (κ2) is 8.38. The molecule has 0 saturated carbocycles. The van der Waals surface area contributed by atoms with Crippen molar-refractivity contribution in [3.63, 3.8) is 0 Å². The number of rotatable bonds is 3. The maximum atomic E-state index is 12.4. The van der Waals surface area contributed by atoms with E-state index in [4.69, 9.17) is 4.74 Å². The van der Waals surface area contributed by atoms with Crippen molar-refractivity contribution in [2.75, 3.05) is 13.1 Å². The van der Waals surface area contributed by atoms with Crippen molar-refractivity contribution >= 4 is 17.4 Å². The third-order valence-corrected chi connectivity index (χ3v) is 5.36. The largest absolute Gasteiger partial charge is 0.444 e. The lowest BCUT2D eigenvalue weighted by atomic mass is 9.90. The fourth-order valence-corrected chi connectivity index (χ4v) is 3.85. The second-order valence-electron chi connectivity index (χ2n) is 8.88. The maximum absolute atomic E-state index is 12.4. The molecule has 6 heteroatoms. The molecule has 2 aromatic rings. The summed E-state index contributed by atoms with van der Waals surface area (Å²) in [5.41, 5.74) is 3.78. The normalized spacial score (nSPS) is 19.3. The van der Waals surface area contributed by atoms with Gasteiger partial charge in [-0.15, -0.1) is 0 Å². The molecule has 156 valence electrons. The van der Waals surface area contributed by atoms with Gasteiger partial charge in [0.25, 0.3) is 0 Å². The molecule has 1 unspecified atom stereocenters. The average molecular weight is 405 g/mol. The van der Waals surface area contributed by atoms with Crippen LogP contribution in [0.3, 0.4) is 0 Å². The second-order valence-corrected chi connectivity index (χ2v) is 8.88. The van der Waals surface area contributed by atoms with E-state index in [2.05, 4.69) is 15.0 Å². The van der Waals surface area contributed by atoms with Gasteiger partial charge in [-0.2, -0.15) is 0 Å². The number of hydrogen-bond donors (Lipinski definition) is 0. The van der Waals surface area contributed by atoms with E-state index in [0.717, 1.165) is 54.0 Å². The number of benzene rings is 1. The lowest BCUT2D eigenvalue weighted by molar-refractivity contribution is 0.0194. The minimum Gasteiger partial charge on any atom is -0.444 e. The van der Waals surface area contributed by atoms with Crippen LogP contribution in [0.25, 0.3) is 17.0 Å². The van der Waals surface area contributed by atoms with E-state index in [1.165, 1.54) is 0 Å². The van der Waals surface area contributed by atoms with Gasteiger partial charge in [0, 0.05) is 60.9 Å². The van der Waals surface area contributed by atoms with Gasteiger partial charge < -0.3 is 9.64 Å². The molecule has 0 bridgehead atoms. The molecule has 3 heterocycles. The molecule has 1 aromatic heterocycles. The fourth-order valence-electron chi connectivity index (χ4n) is 3.85. The predicted molar refractivity (Wildman–Crippen MR) is 118 cm³/mol. The molecule has 4 rings (SSSR count). The SMILES string of the molecule is CC(C)(C)OC(=O)N1CCCC(C2=NC=C(c3cnc(-c4ccccc4)nc3)C2)C1. The van der Waals surface area contributed by atoms with Gasteiger partial charge in [-0.25, -0.2) is 14.8 Å². The van der Waals surface area contributed by atoms with Crippen molar-refractivity contribution in [3.05, 3.63) is 54.5 Å². The summed E-state index contributed by atoms with van der Waals surface area (Å²) in [6.07, 6.45) is 8.21. The Morgan fingerprint density at radius 1 is 1.10 bits per heavy atom. The van der Waals surface area contributed by atoms with Crippen LogP contribution in [0.15, 0.2) is 53.9 Å². The van der Waals surface area contributed by atoms with E-state index in [9.17, 15) is 4.79 Å². The Kier molecular flexibility index (Phi) is 5.66. The Bertz CT molecular complexity index is 959. The number of likely N-dealkylation sites (tertiary alicyclic amines) is 1. The molecule has 1 aromatic carbocycles. The van der Waals surface area contributed by atoms with Gasteiger partial charge in [-0.1, -0.05) is 30.3 Å². The zero-order chi connectivity index (χ0) is 21.1. The first-order chi connectivity index (χ1) is 14.4. The first kappa shape index (κ1) is 20.3. The zero-order valence-corrected chi connectivity index (χ0v) is 17.8. The first-order valence-corrected chi connectivity index (χ1v) is 10.5. The Morgan fingerprint density at radius 2 is 1.83 bits per heavy atom. The standard InChI is InChI=1S/C24H28N4O2/c1-24(2,3)30-23(29)28-11-7-10-18(16-28)21-12-19(13-25-21)20-14-26-22(27-15-20)17-8-5-4-6-9-17/h4-6,8-9,13-15,18H,7,10-12,16H2,1-3H3. The van der Waals surface area contributed by atoms with Gasteiger partial charge >= 0.3 is 6.09 Å². The lowest BCUT2D eigenvalue weighted by Crippen LogP contribution is -2.44. The molecular formula is C24H28N4O2. The minimum absolute atomic E-state index is 0.233. The third kappa shape index (κ3) is 4.75. The van der Waals surface area contributed by atoms with Crippen molar-refractivity contribution < 1.29 is 9.53 Å². The summed E-state index contributed by atoms with van der Waals surface area (Å²) in [5, 5.41) is 0. The van der Waals surface area contributed by atoms with Crippen molar-refractivity contribution in [3.8, 4) is 11.4 Å². The molecule has 6 nitrogen and oxygen atoms in total. The van der Waals surface area contributed by atoms with Gasteiger partial charge in [0.15, 0.2) is 5.82 Å². The van der Waals surface area contributed by atoms with Crippen LogP contribution in [0.5, 0.6) is 0 Å². The summed E-state index contributed by atoms with van der Waals surface area (Å²) in [6.45, 7) is 7.10. The van der Waals surface area contributed by atoms with E-state index in [1.807, 2.05) is 74.6 Å². The van der Waals surface area contributed by atoms with E-state index >= 15 is 0 Å². The Balaban J connectivity index is 1.37. The van der Waals surface area contributed by atoms with Crippen molar-refractivity contribution in [1.82, 2.24) is 14.9 Å². The number of aromatic nitrogens is 2. The number of carbonyl (C=O) groups is 1. The van der Waals surface area contributed by atoms with Crippen molar-refractivity contribution in [2.45, 2.75) is 45.6 Å². The quantitative estimate of drug-likeness (QED) is 0.724. The third-order valence-electron chi connectivity index (χ3n) is 5.36. The highest BCUT2D eigenvalue weighted by molar-refractivity contribution is 5.99. The van der Waals surface area contributed by atoms with Crippen molar-refractivity contribution in [2.24, 2.45) is 10.9 Å². The zero-order valence-electron chi connectivity index (χ0n) is 17.8. The molecule has 0 spiro atoms. The summed E-state index contributed by atoms with van der Waals surface area (Å²) >= 11 is 0. The summed E-state index contributed by atoms with van der Waals surface area (Å²) in [7, 11) is 0. The van der Waals surface area contributed by atoms with Crippen LogP contribution in [0.1, 0.15) is 45.6 Å².